The molecule has 1 unspecified atom stereocenters. The van der Waals surface area contributed by atoms with E-state index in [-0.39, 0.29) is 11.3 Å². The smallest absolute Gasteiger partial charge is 0.237 e. The minimum atomic E-state index is -0.433. The highest BCUT2D eigenvalue weighted by Gasteiger charge is 2.28. The Hall–Kier alpha value is -0.610. The van der Waals surface area contributed by atoms with Crippen molar-refractivity contribution in [2.24, 2.45) is 17.1 Å². The largest absolute Gasteiger partial charge is 0.354 e. The summed E-state index contributed by atoms with van der Waals surface area (Å²) in [5, 5.41) is 3.03. The molecule has 112 valence electrons. The van der Waals surface area contributed by atoms with E-state index in [1.807, 2.05) is 20.8 Å². The molecule has 1 amide bonds. The van der Waals surface area contributed by atoms with Gasteiger partial charge < -0.3 is 16.0 Å². The number of nitrogens with one attached hydrogen (secondary N) is 1. The summed E-state index contributed by atoms with van der Waals surface area (Å²) in [5.74, 6) is 0.543. The number of likely N-dealkylation sites (tertiary alicyclic amines) is 1. The van der Waals surface area contributed by atoms with Crippen molar-refractivity contribution in [1.29, 1.82) is 0 Å². The Balaban J connectivity index is 2.38. The van der Waals surface area contributed by atoms with Crippen LogP contribution in [0.5, 0.6) is 0 Å². The second kappa shape index (κ2) is 6.71. The number of carbonyl (C=O) groups is 1. The number of amides is 1. The van der Waals surface area contributed by atoms with Gasteiger partial charge in [0.2, 0.25) is 5.91 Å². The molecule has 0 aromatic carbocycles. The lowest BCUT2D eigenvalue weighted by Gasteiger charge is -2.36. The molecule has 4 nitrogen and oxygen atoms in total. The van der Waals surface area contributed by atoms with Crippen LogP contribution in [0, 0.1) is 11.3 Å². The SMILES string of the molecule is CC(C)N1CCCC(CNC(=O)[C@@H](N)C(C)(C)C)C1. The second-order valence-corrected chi connectivity index (χ2v) is 7.19. The second-order valence-electron chi connectivity index (χ2n) is 7.19. The predicted octanol–water partition coefficient (Wildman–Crippen LogP) is 1.60. The third-order valence-electron chi connectivity index (χ3n) is 4.06. The van der Waals surface area contributed by atoms with Gasteiger partial charge in [-0.25, -0.2) is 0 Å². The van der Waals surface area contributed by atoms with Crippen LogP contribution in [-0.2, 0) is 4.79 Å². The standard InChI is InChI=1S/C15H31N3O/c1-11(2)18-8-6-7-12(10-18)9-17-14(19)13(16)15(3,4)5/h11-13H,6-10,16H2,1-5H3,(H,17,19)/t12?,13-/m1/s1. The van der Waals surface area contributed by atoms with Crippen molar-refractivity contribution in [3.8, 4) is 0 Å². The minimum absolute atomic E-state index is 0.0193. The van der Waals surface area contributed by atoms with Gasteiger partial charge >= 0.3 is 0 Å². The maximum absolute atomic E-state index is 12.0. The summed E-state index contributed by atoms with van der Waals surface area (Å²) in [7, 11) is 0. The van der Waals surface area contributed by atoms with Crippen molar-refractivity contribution in [3.63, 3.8) is 0 Å². The molecular formula is C15H31N3O. The monoisotopic (exact) mass is 269 g/mol. The van der Waals surface area contributed by atoms with Gasteiger partial charge in [0.15, 0.2) is 0 Å². The molecule has 1 aliphatic heterocycles. The zero-order valence-corrected chi connectivity index (χ0v) is 13.2. The molecule has 0 aliphatic carbocycles. The van der Waals surface area contributed by atoms with Crippen LogP contribution in [0.4, 0.5) is 0 Å². The van der Waals surface area contributed by atoms with Crippen molar-refractivity contribution in [2.75, 3.05) is 19.6 Å². The van der Waals surface area contributed by atoms with Crippen LogP contribution in [0.25, 0.3) is 0 Å². The number of rotatable bonds is 4. The zero-order chi connectivity index (χ0) is 14.6. The molecule has 1 rings (SSSR count). The molecule has 1 saturated heterocycles. The average molecular weight is 269 g/mol. The van der Waals surface area contributed by atoms with Crippen molar-refractivity contribution >= 4 is 5.91 Å². The molecular weight excluding hydrogens is 238 g/mol. The Kier molecular flexibility index (Phi) is 5.81. The zero-order valence-electron chi connectivity index (χ0n) is 13.2. The average Bonchev–Trinajstić information content (AvgIpc) is 2.34. The highest BCUT2D eigenvalue weighted by Crippen LogP contribution is 2.19. The number of piperidine rings is 1. The highest BCUT2D eigenvalue weighted by molar-refractivity contribution is 5.82. The summed E-state index contributed by atoms with van der Waals surface area (Å²) in [4.78, 5) is 14.5. The molecule has 0 saturated carbocycles. The summed E-state index contributed by atoms with van der Waals surface area (Å²) < 4.78 is 0. The van der Waals surface area contributed by atoms with Gasteiger partial charge in [-0.15, -0.1) is 0 Å². The summed E-state index contributed by atoms with van der Waals surface area (Å²) in [5.41, 5.74) is 5.78. The van der Waals surface area contributed by atoms with E-state index in [0.717, 1.165) is 13.1 Å². The van der Waals surface area contributed by atoms with E-state index in [4.69, 9.17) is 5.73 Å². The minimum Gasteiger partial charge on any atom is -0.354 e. The lowest BCUT2D eigenvalue weighted by atomic mass is 9.86. The molecule has 1 heterocycles. The Morgan fingerprint density at radius 2 is 2.05 bits per heavy atom. The predicted molar refractivity (Wildman–Crippen MR) is 79.9 cm³/mol. The van der Waals surface area contributed by atoms with Gasteiger partial charge in [-0.3, -0.25) is 4.79 Å². The van der Waals surface area contributed by atoms with Crippen molar-refractivity contribution in [1.82, 2.24) is 10.2 Å². The number of nitrogens with zero attached hydrogens (tertiary/aromatic N) is 1. The fourth-order valence-corrected chi connectivity index (χ4v) is 2.48. The summed E-state index contributed by atoms with van der Waals surface area (Å²) in [6.07, 6.45) is 2.43. The fraction of sp³-hybridized carbons (Fsp3) is 0.933. The van der Waals surface area contributed by atoms with Crippen molar-refractivity contribution < 1.29 is 4.79 Å². The van der Waals surface area contributed by atoms with E-state index >= 15 is 0 Å². The summed E-state index contributed by atoms with van der Waals surface area (Å²) >= 11 is 0. The Labute approximate surface area is 118 Å². The highest BCUT2D eigenvalue weighted by atomic mass is 16.2. The van der Waals surface area contributed by atoms with Gasteiger partial charge in [-0.05, 0) is 44.6 Å². The Morgan fingerprint density at radius 1 is 1.42 bits per heavy atom. The molecule has 0 bridgehead atoms. The third kappa shape index (κ3) is 5.11. The molecule has 3 N–H and O–H groups in total. The molecule has 19 heavy (non-hydrogen) atoms. The van der Waals surface area contributed by atoms with Crippen molar-refractivity contribution in [2.45, 2.75) is 59.5 Å². The molecule has 1 fully saturated rings. The van der Waals surface area contributed by atoms with E-state index in [1.54, 1.807) is 0 Å². The van der Waals surface area contributed by atoms with Crippen LogP contribution in [-0.4, -0.2) is 42.5 Å². The van der Waals surface area contributed by atoms with Gasteiger partial charge in [0.25, 0.3) is 0 Å². The van der Waals surface area contributed by atoms with E-state index in [2.05, 4.69) is 24.1 Å². The van der Waals surface area contributed by atoms with Crippen LogP contribution in [0.3, 0.4) is 0 Å². The number of nitrogens with two attached hydrogens (primary N) is 1. The van der Waals surface area contributed by atoms with Crippen LogP contribution in [0.1, 0.15) is 47.5 Å². The van der Waals surface area contributed by atoms with Gasteiger partial charge in [-0.2, -0.15) is 0 Å². The fourth-order valence-electron chi connectivity index (χ4n) is 2.48. The molecule has 2 atom stereocenters. The first-order chi connectivity index (χ1) is 8.71. The van der Waals surface area contributed by atoms with Crippen LogP contribution >= 0.6 is 0 Å². The van der Waals surface area contributed by atoms with Crippen molar-refractivity contribution in [3.05, 3.63) is 0 Å². The van der Waals surface area contributed by atoms with Gasteiger partial charge in [-0.1, -0.05) is 20.8 Å². The van der Waals surface area contributed by atoms with Gasteiger partial charge in [0.05, 0.1) is 6.04 Å². The van der Waals surface area contributed by atoms with E-state index in [1.165, 1.54) is 19.4 Å². The number of hydrogen-bond acceptors (Lipinski definition) is 3. The first kappa shape index (κ1) is 16.4. The van der Waals surface area contributed by atoms with E-state index < -0.39 is 6.04 Å². The molecule has 0 aromatic heterocycles. The Bertz CT molecular complexity index is 296. The first-order valence-corrected chi connectivity index (χ1v) is 7.49. The van der Waals surface area contributed by atoms with Crippen LogP contribution < -0.4 is 11.1 Å². The van der Waals surface area contributed by atoms with E-state index in [0.29, 0.717) is 12.0 Å². The van der Waals surface area contributed by atoms with Crippen LogP contribution in [0.15, 0.2) is 0 Å². The summed E-state index contributed by atoms with van der Waals surface area (Å²) in [6.45, 7) is 13.5. The topological polar surface area (TPSA) is 58.4 Å². The third-order valence-corrected chi connectivity index (χ3v) is 4.06. The Morgan fingerprint density at radius 3 is 2.58 bits per heavy atom. The maximum atomic E-state index is 12.0. The van der Waals surface area contributed by atoms with Gasteiger partial charge in [0.1, 0.15) is 0 Å². The lowest BCUT2D eigenvalue weighted by molar-refractivity contribution is -0.124. The molecule has 0 spiro atoms. The normalized spacial score (nSPS) is 23.4. The maximum Gasteiger partial charge on any atom is 0.237 e. The molecule has 0 radical (unpaired) electrons. The number of hydrogen-bond donors (Lipinski definition) is 2. The molecule has 1 aliphatic rings. The van der Waals surface area contributed by atoms with Crippen LogP contribution in [0.2, 0.25) is 0 Å². The quantitative estimate of drug-likeness (QED) is 0.815. The van der Waals surface area contributed by atoms with Gasteiger partial charge in [0, 0.05) is 19.1 Å². The first-order valence-electron chi connectivity index (χ1n) is 7.49. The molecule has 4 heteroatoms. The lowest BCUT2D eigenvalue weighted by Crippen LogP contribution is -2.51. The summed E-state index contributed by atoms with van der Waals surface area (Å²) in [6, 6.07) is 0.160. The number of carbonyl (C=O) groups excluding carboxylic acids is 1. The molecule has 0 aromatic rings. The van der Waals surface area contributed by atoms with E-state index in [9.17, 15) is 4.79 Å².